The van der Waals surface area contributed by atoms with Gasteiger partial charge in [-0.15, -0.1) is 0 Å². The summed E-state index contributed by atoms with van der Waals surface area (Å²) in [6.45, 7) is 3.93. The van der Waals surface area contributed by atoms with Gasteiger partial charge < -0.3 is 19.7 Å². The lowest BCUT2D eigenvalue weighted by Gasteiger charge is -2.35. The van der Waals surface area contributed by atoms with Crippen LogP contribution in [0.1, 0.15) is 39.5 Å². The first-order valence-corrected chi connectivity index (χ1v) is 8.12. The van der Waals surface area contributed by atoms with Crippen molar-refractivity contribution in [1.29, 1.82) is 0 Å². The Bertz CT molecular complexity index is 442. The third-order valence-electron chi connectivity index (χ3n) is 4.12. The maximum absolute atomic E-state index is 12.2. The van der Waals surface area contributed by atoms with Gasteiger partial charge in [0, 0.05) is 0 Å². The van der Waals surface area contributed by atoms with Crippen molar-refractivity contribution in [2.24, 2.45) is 23.7 Å². The first-order chi connectivity index (χ1) is 11.3. The van der Waals surface area contributed by atoms with Crippen LogP contribution in [-0.4, -0.2) is 47.3 Å². The van der Waals surface area contributed by atoms with Crippen LogP contribution >= 0.6 is 0 Å². The summed E-state index contributed by atoms with van der Waals surface area (Å²) in [7, 11) is 0. The van der Waals surface area contributed by atoms with Crippen LogP contribution in [0.2, 0.25) is 0 Å². The van der Waals surface area contributed by atoms with Gasteiger partial charge in [0.2, 0.25) is 0 Å². The Morgan fingerprint density at radius 1 is 0.750 bits per heavy atom. The zero-order chi connectivity index (χ0) is 18.3. The number of carboxylic acids is 2. The van der Waals surface area contributed by atoms with Gasteiger partial charge in [0.05, 0.1) is 36.9 Å². The molecule has 0 heterocycles. The summed E-state index contributed by atoms with van der Waals surface area (Å²) in [5, 5.41) is 18.5. The maximum Gasteiger partial charge on any atom is 0.309 e. The van der Waals surface area contributed by atoms with Crippen molar-refractivity contribution in [3.8, 4) is 0 Å². The van der Waals surface area contributed by atoms with Gasteiger partial charge in [-0.2, -0.15) is 0 Å². The second kappa shape index (κ2) is 9.24. The Kier molecular flexibility index (Phi) is 7.67. The highest BCUT2D eigenvalue weighted by molar-refractivity contribution is 5.86. The molecular weight excluding hydrogens is 320 g/mol. The van der Waals surface area contributed by atoms with Crippen LogP contribution in [0.15, 0.2) is 0 Å². The Labute approximate surface area is 140 Å². The molecule has 4 unspecified atom stereocenters. The van der Waals surface area contributed by atoms with E-state index in [-0.39, 0.29) is 26.1 Å². The summed E-state index contributed by atoms with van der Waals surface area (Å²) in [6.07, 6.45) is 0.675. The molecule has 0 aromatic heterocycles. The van der Waals surface area contributed by atoms with Crippen LogP contribution in [0.5, 0.6) is 0 Å². The van der Waals surface area contributed by atoms with Crippen LogP contribution in [0, 0.1) is 23.7 Å². The molecule has 136 valence electrons. The number of carbonyl (C=O) groups excluding carboxylic acids is 2. The second-order valence-electron chi connectivity index (χ2n) is 5.91. The fourth-order valence-corrected chi connectivity index (χ4v) is 2.89. The van der Waals surface area contributed by atoms with Crippen molar-refractivity contribution < 1.29 is 38.9 Å². The minimum atomic E-state index is -1.30. The van der Waals surface area contributed by atoms with Crippen molar-refractivity contribution in [1.82, 2.24) is 0 Å². The summed E-state index contributed by atoms with van der Waals surface area (Å²) < 4.78 is 10.1. The second-order valence-corrected chi connectivity index (χ2v) is 5.91. The molecule has 24 heavy (non-hydrogen) atoms. The first-order valence-electron chi connectivity index (χ1n) is 8.12. The molecule has 0 aromatic rings. The number of esters is 2. The maximum atomic E-state index is 12.2. The highest BCUT2D eigenvalue weighted by atomic mass is 16.5. The van der Waals surface area contributed by atoms with E-state index in [2.05, 4.69) is 0 Å². The smallest absolute Gasteiger partial charge is 0.309 e. The predicted octanol–water partition coefficient (Wildman–Crippen LogP) is 1.32. The third kappa shape index (κ3) is 4.94. The topological polar surface area (TPSA) is 127 Å². The number of aliphatic carboxylic acids is 2. The molecule has 1 aliphatic carbocycles. The molecule has 4 atom stereocenters. The van der Waals surface area contributed by atoms with Gasteiger partial charge in [-0.25, -0.2) is 0 Å². The summed E-state index contributed by atoms with van der Waals surface area (Å²) in [4.78, 5) is 47.2. The molecule has 1 rings (SSSR count). The fraction of sp³-hybridized carbons (Fsp3) is 0.750. The molecule has 1 fully saturated rings. The normalized spacial score (nSPS) is 26.4. The molecule has 2 N–H and O–H groups in total. The molecule has 0 radical (unpaired) electrons. The minimum absolute atomic E-state index is 0.159. The molecule has 0 aromatic carbocycles. The molecule has 0 saturated heterocycles. The molecule has 0 spiro atoms. The van der Waals surface area contributed by atoms with Gasteiger partial charge in [0.25, 0.3) is 0 Å². The van der Waals surface area contributed by atoms with E-state index in [0.717, 1.165) is 0 Å². The number of hydrogen-bond donors (Lipinski definition) is 2. The summed E-state index contributed by atoms with van der Waals surface area (Å²) in [5.41, 5.74) is 0. The Morgan fingerprint density at radius 2 is 1.08 bits per heavy atom. The highest BCUT2D eigenvalue weighted by Crippen LogP contribution is 2.40. The third-order valence-corrected chi connectivity index (χ3v) is 4.12. The number of carboxylic acid groups (broad SMARTS) is 2. The van der Waals surface area contributed by atoms with E-state index < -0.39 is 47.5 Å². The standard InChI is InChI=1S/C16H24O8/c1-3-5-23-15(21)11-7-9(13(17)18)10(14(19)20)8-12(11)16(22)24-6-4-2/h9-12H,3-8H2,1-2H3,(H,17,18)(H,19,20). The fourth-order valence-electron chi connectivity index (χ4n) is 2.89. The van der Waals surface area contributed by atoms with E-state index in [1.807, 2.05) is 13.8 Å². The zero-order valence-electron chi connectivity index (χ0n) is 13.9. The van der Waals surface area contributed by atoms with E-state index >= 15 is 0 Å². The molecule has 8 nitrogen and oxygen atoms in total. The lowest BCUT2D eigenvalue weighted by Crippen LogP contribution is -2.45. The van der Waals surface area contributed by atoms with Gasteiger partial charge in [-0.3, -0.25) is 19.2 Å². The van der Waals surface area contributed by atoms with E-state index in [4.69, 9.17) is 9.47 Å². The van der Waals surface area contributed by atoms with E-state index in [9.17, 15) is 29.4 Å². The molecule has 8 heteroatoms. The van der Waals surface area contributed by atoms with Crippen molar-refractivity contribution in [3.05, 3.63) is 0 Å². The van der Waals surface area contributed by atoms with Gasteiger partial charge in [-0.05, 0) is 25.7 Å². The minimum Gasteiger partial charge on any atom is -0.481 e. The zero-order valence-corrected chi connectivity index (χ0v) is 13.9. The monoisotopic (exact) mass is 344 g/mol. The molecule has 0 bridgehead atoms. The van der Waals surface area contributed by atoms with Crippen molar-refractivity contribution in [2.45, 2.75) is 39.5 Å². The van der Waals surface area contributed by atoms with Gasteiger partial charge in [-0.1, -0.05) is 13.8 Å². The van der Waals surface area contributed by atoms with E-state index in [1.165, 1.54) is 0 Å². The highest BCUT2D eigenvalue weighted by Gasteiger charge is 2.50. The van der Waals surface area contributed by atoms with Gasteiger partial charge in [0.15, 0.2) is 0 Å². The average molecular weight is 344 g/mol. The lowest BCUT2D eigenvalue weighted by atomic mass is 9.68. The predicted molar refractivity (Wildman–Crippen MR) is 81.0 cm³/mol. The summed E-state index contributed by atoms with van der Waals surface area (Å²) >= 11 is 0. The van der Waals surface area contributed by atoms with Crippen molar-refractivity contribution in [2.75, 3.05) is 13.2 Å². The lowest BCUT2D eigenvalue weighted by molar-refractivity contribution is -0.172. The molecule has 0 aliphatic heterocycles. The van der Waals surface area contributed by atoms with Crippen molar-refractivity contribution in [3.63, 3.8) is 0 Å². The summed E-state index contributed by atoms with van der Waals surface area (Å²) in [5.74, 6) is -8.42. The Hall–Kier alpha value is -2.12. The van der Waals surface area contributed by atoms with Crippen LogP contribution in [0.25, 0.3) is 0 Å². The van der Waals surface area contributed by atoms with E-state index in [1.54, 1.807) is 0 Å². The molecule has 1 saturated carbocycles. The number of rotatable bonds is 8. The number of hydrogen-bond acceptors (Lipinski definition) is 6. The van der Waals surface area contributed by atoms with Gasteiger partial charge in [0.1, 0.15) is 0 Å². The van der Waals surface area contributed by atoms with Crippen LogP contribution < -0.4 is 0 Å². The summed E-state index contributed by atoms with van der Waals surface area (Å²) in [6, 6.07) is 0. The largest absolute Gasteiger partial charge is 0.481 e. The number of ether oxygens (including phenoxy) is 2. The first kappa shape index (κ1) is 19.9. The molecule has 1 aliphatic rings. The molecular formula is C16H24O8. The number of carbonyl (C=O) groups is 4. The SMILES string of the molecule is CCCOC(=O)C1CC(C(=O)O)C(C(=O)O)CC1C(=O)OCCC. The average Bonchev–Trinajstić information content (AvgIpc) is 2.55. The van der Waals surface area contributed by atoms with Gasteiger partial charge >= 0.3 is 23.9 Å². The van der Waals surface area contributed by atoms with Crippen LogP contribution in [0.3, 0.4) is 0 Å². The van der Waals surface area contributed by atoms with E-state index in [0.29, 0.717) is 12.8 Å². The van der Waals surface area contributed by atoms with Crippen molar-refractivity contribution >= 4 is 23.9 Å². The van der Waals surface area contributed by atoms with Crippen LogP contribution in [0.4, 0.5) is 0 Å². The Balaban J connectivity index is 3.03. The van der Waals surface area contributed by atoms with Crippen LogP contribution in [-0.2, 0) is 28.7 Å². The quantitative estimate of drug-likeness (QED) is 0.631. The molecule has 0 amide bonds. The Morgan fingerprint density at radius 3 is 1.33 bits per heavy atom.